The number of likely N-dealkylation sites (tertiary alicyclic amines) is 1. The molecule has 1 aromatic carbocycles. The summed E-state index contributed by atoms with van der Waals surface area (Å²) in [6.07, 6.45) is 6.46. The van der Waals surface area contributed by atoms with E-state index >= 15 is 0 Å². The molecular formula is C21H25N5O2. The highest BCUT2D eigenvalue weighted by molar-refractivity contribution is 5.45. The third-order valence-corrected chi connectivity index (χ3v) is 5.56. The first-order chi connectivity index (χ1) is 13.6. The first-order valence-corrected chi connectivity index (χ1v) is 9.54. The molecule has 0 bridgehead atoms. The quantitative estimate of drug-likeness (QED) is 0.673. The van der Waals surface area contributed by atoms with Crippen LogP contribution >= 0.6 is 0 Å². The zero-order valence-corrected chi connectivity index (χ0v) is 16.6. The van der Waals surface area contributed by atoms with E-state index < -0.39 is 5.60 Å². The highest BCUT2D eigenvalue weighted by Crippen LogP contribution is 2.36. The van der Waals surface area contributed by atoms with Crippen molar-refractivity contribution in [3.05, 3.63) is 59.4 Å². The molecule has 28 heavy (non-hydrogen) atoms. The molecule has 1 aliphatic rings. The molecule has 1 fully saturated rings. The summed E-state index contributed by atoms with van der Waals surface area (Å²) >= 11 is 0. The van der Waals surface area contributed by atoms with Crippen LogP contribution in [0, 0.1) is 13.8 Å². The number of rotatable bonds is 5. The van der Waals surface area contributed by atoms with Crippen LogP contribution < -0.4 is 0 Å². The van der Waals surface area contributed by atoms with Gasteiger partial charge in [-0.15, -0.1) is 0 Å². The highest BCUT2D eigenvalue weighted by atomic mass is 16.5. The minimum Gasteiger partial charge on any atom is -0.368 e. The van der Waals surface area contributed by atoms with E-state index in [4.69, 9.17) is 9.26 Å². The number of benzene rings is 1. The van der Waals surface area contributed by atoms with E-state index in [0.29, 0.717) is 17.4 Å². The van der Waals surface area contributed by atoms with E-state index in [1.54, 1.807) is 25.7 Å². The van der Waals surface area contributed by atoms with Gasteiger partial charge in [-0.25, -0.2) is 4.98 Å². The topological polar surface area (TPSA) is 77.2 Å². The predicted octanol–water partition coefficient (Wildman–Crippen LogP) is 3.28. The molecule has 0 N–H and O–H groups in total. The van der Waals surface area contributed by atoms with Gasteiger partial charge >= 0.3 is 0 Å². The van der Waals surface area contributed by atoms with Crippen molar-refractivity contribution in [3.63, 3.8) is 0 Å². The molecule has 1 aliphatic heterocycles. The van der Waals surface area contributed by atoms with Gasteiger partial charge in [-0.1, -0.05) is 28.9 Å². The van der Waals surface area contributed by atoms with Gasteiger partial charge in [0.05, 0.1) is 6.20 Å². The van der Waals surface area contributed by atoms with Crippen LogP contribution in [-0.4, -0.2) is 45.2 Å². The fraction of sp³-hybridized carbons (Fsp3) is 0.429. The van der Waals surface area contributed by atoms with E-state index in [1.165, 1.54) is 16.7 Å². The van der Waals surface area contributed by atoms with E-state index in [9.17, 15) is 0 Å². The Kier molecular flexibility index (Phi) is 5.19. The Balaban J connectivity index is 1.47. The Morgan fingerprint density at radius 3 is 2.71 bits per heavy atom. The molecule has 0 atom stereocenters. The van der Waals surface area contributed by atoms with Crippen molar-refractivity contribution in [1.82, 2.24) is 25.0 Å². The van der Waals surface area contributed by atoms with Gasteiger partial charge in [0.1, 0.15) is 11.3 Å². The number of hydrogen-bond donors (Lipinski definition) is 0. The summed E-state index contributed by atoms with van der Waals surface area (Å²) in [6.45, 7) is 7.07. The summed E-state index contributed by atoms with van der Waals surface area (Å²) in [5.74, 6) is 0.958. The van der Waals surface area contributed by atoms with Gasteiger partial charge in [0, 0.05) is 39.1 Å². The maximum atomic E-state index is 5.90. The van der Waals surface area contributed by atoms with Crippen molar-refractivity contribution >= 4 is 0 Å². The molecule has 3 aromatic rings. The number of nitrogens with zero attached hydrogens (tertiary/aromatic N) is 5. The van der Waals surface area contributed by atoms with Gasteiger partial charge in [-0.3, -0.25) is 9.88 Å². The Morgan fingerprint density at radius 1 is 1.18 bits per heavy atom. The summed E-state index contributed by atoms with van der Waals surface area (Å²) in [7, 11) is 1.71. The standard InChI is InChI=1S/C21H25N5O2/c1-15-4-5-16(2)17(12-15)14-26-10-6-21(27-3,7-11-26)20-24-19(25-28-20)18-13-22-8-9-23-18/h4-5,8-9,12-13H,6-7,10-11,14H2,1-3H3. The van der Waals surface area contributed by atoms with Crippen molar-refractivity contribution in [2.45, 2.75) is 38.8 Å². The van der Waals surface area contributed by atoms with Crippen molar-refractivity contribution in [1.29, 1.82) is 0 Å². The molecule has 4 rings (SSSR count). The van der Waals surface area contributed by atoms with Gasteiger partial charge in [-0.05, 0) is 37.8 Å². The van der Waals surface area contributed by atoms with E-state index in [2.05, 4.69) is 57.1 Å². The van der Waals surface area contributed by atoms with Crippen LogP contribution in [-0.2, 0) is 16.9 Å². The van der Waals surface area contributed by atoms with Crippen molar-refractivity contribution in [2.24, 2.45) is 0 Å². The fourth-order valence-electron chi connectivity index (χ4n) is 3.72. The second kappa shape index (κ2) is 7.77. The molecular weight excluding hydrogens is 354 g/mol. The summed E-state index contributed by atoms with van der Waals surface area (Å²) in [5.41, 5.74) is 4.06. The summed E-state index contributed by atoms with van der Waals surface area (Å²) < 4.78 is 11.5. The second-order valence-electron chi connectivity index (χ2n) is 7.42. The summed E-state index contributed by atoms with van der Waals surface area (Å²) in [4.78, 5) is 15.3. The molecule has 146 valence electrons. The average Bonchev–Trinajstić information content (AvgIpc) is 3.23. The lowest BCUT2D eigenvalue weighted by Gasteiger charge is -2.38. The lowest BCUT2D eigenvalue weighted by Crippen LogP contribution is -2.43. The maximum absolute atomic E-state index is 5.90. The molecule has 1 saturated heterocycles. The van der Waals surface area contributed by atoms with Crippen LogP contribution in [0.2, 0.25) is 0 Å². The van der Waals surface area contributed by atoms with Gasteiger partial charge < -0.3 is 9.26 Å². The number of aromatic nitrogens is 4. The Hall–Kier alpha value is -2.64. The minimum atomic E-state index is -0.550. The van der Waals surface area contributed by atoms with Crippen LogP contribution in [0.3, 0.4) is 0 Å². The maximum Gasteiger partial charge on any atom is 0.259 e. The summed E-state index contributed by atoms with van der Waals surface area (Å²) in [6, 6.07) is 6.63. The first-order valence-electron chi connectivity index (χ1n) is 9.54. The second-order valence-corrected chi connectivity index (χ2v) is 7.42. The number of piperidine rings is 1. The van der Waals surface area contributed by atoms with E-state index in [1.807, 2.05) is 0 Å². The number of ether oxygens (including phenoxy) is 1. The first kappa shape index (κ1) is 18.7. The fourth-order valence-corrected chi connectivity index (χ4v) is 3.72. The Labute approximate surface area is 164 Å². The molecule has 0 spiro atoms. The van der Waals surface area contributed by atoms with Crippen LogP contribution in [0.25, 0.3) is 11.5 Å². The van der Waals surface area contributed by atoms with Gasteiger partial charge in [-0.2, -0.15) is 4.98 Å². The predicted molar refractivity (Wildman–Crippen MR) is 104 cm³/mol. The molecule has 7 nitrogen and oxygen atoms in total. The molecule has 3 heterocycles. The Morgan fingerprint density at radius 2 is 2.00 bits per heavy atom. The van der Waals surface area contributed by atoms with Crippen molar-refractivity contribution in [2.75, 3.05) is 20.2 Å². The lowest BCUT2D eigenvalue weighted by atomic mass is 9.90. The van der Waals surface area contributed by atoms with Crippen LogP contribution in [0.1, 0.15) is 35.4 Å². The van der Waals surface area contributed by atoms with Crippen LogP contribution in [0.15, 0.2) is 41.3 Å². The highest BCUT2D eigenvalue weighted by Gasteiger charge is 2.41. The monoisotopic (exact) mass is 379 g/mol. The molecule has 2 aromatic heterocycles. The van der Waals surface area contributed by atoms with Crippen LogP contribution in [0.5, 0.6) is 0 Å². The third kappa shape index (κ3) is 3.68. The third-order valence-electron chi connectivity index (χ3n) is 5.56. The zero-order chi connectivity index (χ0) is 19.6. The molecule has 0 aliphatic carbocycles. The number of aryl methyl sites for hydroxylation is 2. The molecule has 7 heteroatoms. The Bertz CT molecular complexity index is 933. The lowest BCUT2D eigenvalue weighted by molar-refractivity contribution is -0.0838. The largest absolute Gasteiger partial charge is 0.368 e. The number of hydrogen-bond acceptors (Lipinski definition) is 7. The number of methoxy groups -OCH3 is 1. The molecule has 0 unspecified atom stereocenters. The van der Waals surface area contributed by atoms with Crippen molar-refractivity contribution < 1.29 is 9.26 Å². The zero-order valence-electron chi connectivity index (χ0n) is 16.6. The van der Waals surface area contributed by atoms with E-state index in [0.717, 1.165) is 32.5 Å². The van der Waals surface area contributed by atoms with Gasteiger partial charge in [0.15, 0.2) is 0 Å². The normalized spacial score (nSPS) is 17.0. The summed E-state index contributed by atoms with van der Waals surface area (Å²) in [5, 5.41) is 4.08. The van der Waals surface area contributed by atoms with E-state index in [-0.39, 0.29) is 0 Å². The molecule has 0 saturated carbocycles. The van der Waals surface area contributed by atoms with Gasteiger partial charge in [0.25, 0.3) is 5.89 Å². The molecule has 0 radical (unpaired) electrons. The van der Waals surface area contributed by atoms with Crippen LogP contribution in [0.4, 0.5) is 0 Å². The average molecular weight is 379 g/mol. The SMILES string of the molecule is COC1(c2nc(-c3cnccn3)no2)CCN(Cc2cc(C)ccc2C)CC1. The van der Waals surface area contributed by atoms with Crippen molar-refractivity contribution in [3.8, 4) is 11.5 Å². The minimum absolute atomic E-state index is 0.442. The molecule has 0 amide bonds. The van der Waals surface area contributed by atoms with Gasteiger partial charge in [0.2, 0.25) is 5.82 Å². The smallest absolute Gasteiger partial charge is 0.259 e.